The van der Waals surface area contributed by atoms with Crippen molar-refractivity contribution in [2.75, 3.05) is 5.32 Å². The lowest BCUT2D eigenvalue weighted by molar-refractivity contribution is -0.136. The second-order valence-electron chi connectivity index (χ2n) is 6.04. The van der Waals surface area contributed by atoms with Crippen molar-refractivity contribution >= 4 is 27.6 Å². The molecule has 0 radical (unpaired) electrons. The quantitative estimate of drug-likeness (QED) is 0.676. The standard InChI is InChI=1S/C17H20N2O6S/c1-10(2)19-26(23,24)13-6-4-12(5-7-13)18-17(22)16-11(3)9-25-14(16)8-15(20)21/h4-7,9-10,19H,8H2,1-3H3,(H,18,22)(H,20,21). The van der Waals surface area contributed by atoms with Crippen molar-refractivity contribution in [3.8, 4) is 0 Å². The van der Waals surface area contributed by atoms with Crippen LogP contribution in [-0.2, 0) is 21.2 Å². The van der Waals surface area contributed by atoms with Crippen molar-refractivity contribution in [2.24, 2.45) is 0 Å². The highest BCUT2D eigenvalue weighted by Crippen LogP contribution is 2.20. The number of nitrogens with one attached hydrogen (secondary N) is 2. The zero-order valence-electron chi connectivity index (χ0n) is 14.6. The predicted molar refractivity (Wildman–Crippen MR) is 94.6 cm³/mol. The average molecular weight is 380 g/mol. The first kappa shape index (κ1) is 19.7. The van der Waals surface area contributed by atoms with Gasteiger partial charge in [-0.3, -0.25) is 9.59 Å². The number of aliphatic carboxylic acids is 1. The van der Waals surface area contributed by atoms with Gasteiger partial charge in [-0.25, -0.2) is 13.1 Å². The van der Waals surface area contributed by atoms with E-state index in [9.17, 15) is 18.0 Å². The van der Waals surface area contributed by atoms with E-state index in [1.165, 1.54) is 30.5 Å². The molecule has 0 aliphatic rings. The Labute approximate surface area is 151 Å². The predicted octanol–water partition coefficient (Wildman–Crippen LogP) is 2.15. The highest BCUT2D eigenvalue weighted by Gasteiger charge is 2.21. The van der Waals surface area contributed by atoms with E-state index < -0.39 is 28.3 Å². The molecule has 1 aromatic carbocycles. The number of sulfonamides is 1. The second kappa shape index (κ2) is 7.71. The van der Waals surface area contributed by atoms with Crippen molar-refractivity contribution in [1.29, 1.82) is 0 Å². The van der Waals surface area contributed by atoms with E-state index in [-0.39, 0.29) is 22.3 Å². The summed E-state index contributed by atoms with van der Waals surface area (Å²) >= 11 is 0. The van der Waals surface area contributed by atoms with Gasteiger partial charge in [-0.1, -0.05) is 0 Å². The normalized spacial score (nSPS) is 11.5. The minimum absolute atomic E-state index is 0.0628. The van der Waals surface area contributed by atoms with Gasteiger partial charge in [-0.15, -0.1) is 0 Å². The molecule has 1 aromatic heterocycles. The van der Waals surface area contributed by atoms with Crippen LogP contribution >= 0.6 is 0 Å². The Morgan fingerprint density at radius 3 is 2.35 bits per heavy atom. The van der Waals surface area contributed by atoms with E-state index in [0.717, 1.165) is 0 Å². The van der Waals surface area contributed by atoms with Gasteiger partial charge in [0.25, 0.3) is 5.91 Å². The third kappa shape index (κ3) is 4.70. The van der Waals surface area contributed by atoms with Gasteiger partial charge >= 0.3 is 5.97 Å². The summed E-state index contributed by atoms with van der Waals surface area (Å²) in [6.45, 7) is 5.07. The molecule has 140 valence electrons. The third-order valence-electron chi connectivity index (χ3n) is 3.40. The fourth-order valence-corrected chi connectivity index (χ4v) is 3.61. The molecular formula is C17H20N2O6S. The van der Waals surface area contributed by atoms with E-state index >= 15 is 0 Å². The maximum absolute atomic E-state index is 12.4. The van der Waals surface area contributed by atoms with E-state index in [0.29, 0.717) is 11.3 Å². The zero-order chi connectivity index (χ0) is 19.5. The molecule has 0 aliphatic carbocycles. The fraction of sp³-hybridized carbons (Fsp3) is 0.294. The monoisotopic (exact) mass is 380 g/mol. The van der Waals surface area contributed by atoms with Gasteiger partial charge in [-0.05, 0) is 45.0 Å². The van der Waals surface area contributed by atoms with Crippen LogP contribution in [0.1, 0.15) is 35.5 Å². The topological polar surface area (TPSA) is 126 Å². The summed E-state index contributed by atoms with van der Waals surface area (Å²) in [5, 5.41) is 11.5. The number of anilines is 1. The van der Waals surface area contributed by atoms with Gasteiger partial charge < -0.3 is 14.8 Å². The van der Waals surface area contributed by atoms with Crippen LogP contribution < -0.4 is 10.0 Å². The minimum atomic E-state index is -3.62. The van der Waals surface area contributed by atoms with E-state index in [2.05, 4.69) is 10.0 Å². The molecule has 0 spiro atoms. The molecule has 0 atom stereocenters. The second-order valence-corrected chi connectivity index (χ2v) is 7.76. The fourth-order valence-electron chi connectivity index (χ4n) is 2.36. The van der Waals surface area contributed by atoms with Crippen LogP contribution in [0.5, 0.6) is 0 Å². The summed E-state index contributed by atoms with van der Waals surface area (Å²) in [7, 11) is -3.62. The highest BCUT2D eigenvalue weighted by atomic mass is 32.2. The summed E-state index contributed by atoms with van der Waals surface area (Å²) < 4.78 is 31.8. The molecule has 0 saturated carbocycles. The van der Waals surface area contributed by atoms with Gasteiger partial charge in [0.05, 0.1) is 16.7 Å². The van der Waals surface area contributed by atoms with Crippen molar-refractivity contribution in [3.05, 3.63) is 47.4 Å². The number of carbonyl (C=O) groups is 2. The number of carbonyl (C=O) groups excluding carboxylic acids is 1. The first-order valence-corrected chi connectivity index (χ1v) is 9.31. The number of rotatable bonds is 7. The average Bonchev–Trinajstić information content (AvgIpc) is 2.86. The summed E-state index contributed by atoms with van der Waals surface area (Å²) in [5.41, 5.74) is 1.05. The Morgan fingerprint density at radius 1 is 1.19 bits per heavy atom. The molecular weight excluding hydrogens is 360 g/mol. The van der Waals surface area contributed by atoms with E-state index in [1.54, 1.807) is 20.8 Å². The van der Waals surface area contributed by atoms with Gasteiger partial charge in [-0.2, -0.15) is 0 Å². The van der Waals surface area contributed by atoms with Crippen LogP contribution in [0.2, 0.25) is 0 Å². The zero-order valence-corrected chi connectivity index (χ0v) is 15.4. The first-order valence-electron chi connectivity index (χ1n) is 7.82. The van der Waals surface area contributed by atoms with Crippen molar-refractivity contribution in [3.63, 3.8) is 0 Å². The maximum atomic E-state index is 12.4. The number of hydrogen-bond acceptors (Lipinski definition) is 5. The van der Waals surface area contributed by atoms with E-state index in [1.807, 2.05) is 0 Å². The first-order chi connectivity index (χ1) is 12.1. The molecule has 1 amide bonds. The van der Waals surface area contributed by atoms with Crippen LogP contribution in [0.4, 0.5) is 5.69 Å². The Morgan fingerprint density at radius 2 is 1.81 bits per heavy atom. The molecule has 1 heterocycles. The Kier molecular flexibility index (Phi) is 5.83. The van der Waals surface area contributed by atoms with Crippen LogP contribution in [0.25, 0.3) is 0 Å². The van der Waals surface area contributed by atoms with Crippen LogP contribution in [0.15, 0.2) is 39.8 Å². The number of hydrogen-bond donors (Lipinski definition) is 3. The van der Waals surface area contributed by atoms with Crippen LogP contribution in [0, 0.1) is 6.92 Å². The molecule has 3 N–H and O–H groups in total. The lowest BCUT2D eigenvalue weighted by Crippen LogP contribution is -2.30. The summed E-state index contributed by atoms with van der Waals surface area (Å²) in [6.07, 6.45) is 0.912. The Bertz CT molecular complexity index is 913. The van der Waals surface area contributed by atoms with Crippen molar-refractivity contribution in [1.82, 2.24) is 4.72 Å². The molecule has 2 rings (SSSR count). The number of furan rings is 1. The van der Waals surface area contributed by atoms with Crippen LogP contribution in [-0.4, -0.2) is 31.4 Å². The minimum Gasteiger partial charge on any atom is -0.481 e. The van der Waals surface area contributed by atoms with Gasteiger partial charge in [0.2, 0.25) is 10.0 Å². The molecule has 9 heteroatoms. The number of carboxylic acid groups (broad SMARTS) is 1. The number of carboxylic acids is 1. The smallest absolute Gasteiger partial charge is 0.311 e. The molecule has 0 aliphatic heterocycles. The maximum Gasteiger partial charge on any atom is 0.311 e. The summed E-state index contributed by atoms with van der Waals surface area (Å²) in [4.78, 5) is 23.4. The van der Waals surface area contributed by atoms with Crippen LogP contribution in [0.3, 0.4) is 0 Å². The van der Waals surface area contributed by atoms with Gasteiger partial charge in [0.15, 0.2) is 0 Å². The molecule has 8 nitrogen and oxygen atoms in total. The van der Waals surface area contributed by atoms with E-state index in [4.69, 9.17) is 9.52 Å². The molecule has 0 unspecified atom stereocenters. The van der Waals surface area contributed by atoms with Crippen molar-refractivity contribution in [2.45, 2.75) is 38.1 Å². The number of amides is 1. The lowest BCUT2D eigenvalue weighted by Gasteiger charge is -2.10. The van der Waals surface area contributed by atoms with Crippen molar-refractivity contribution < 1.29 is 27.5 Å². The largest absolute Gasteiger partial charge is 0.481 e. The molecule has 0 fully saturated rings. The SMILES string of the molecule is Cc1coc(CC(=O)O)c1C(=O)Nc1ccc(S(=O)(=O)NC(C)C)cc1. The summed E-state index contributed by atoms with van der Waals surface area (Å²) in [5.74, 6) is -1.57. The highest BCUT2D eigenvalue weighted by molar-refractivity contribution is 7.89. The van der Waals surface area contributed by atoms with Gasteiger partial charge in [0, 0.05) is 17.3 Å². The van der Waals surface area contributed by atoms with Gasteiger partial charge in [0.1, 0.15) is 12.2 Å². The lowest BCUT2D eigenvalue weighted by atomic mass is 10.1. The molecule has 2 aromatic rings. The number of benzene rings is 1. The Hall–Kier alpha value is -2.65. The molecule has 26 heavy (non-hydrogen) atoms. The Balaban J connectivity index is 2.19. The molecule has 0 saturated heterocycles. The number of aryl methyl sites for hydroxylation is 1. The molecule has 0 bridgehead atoms. The third-order valence-corrected chi connectivity index (χ3v) is 5.08. The summed E-state index contributed by atoms with van der Waals surface area (Å²) in [6, 6.07) is 5.43.